The highest BCUT2D eigenvalue weighted by molar-refractivity contribution is 6.34. The van der Waals surface area contributed by atoms with Crippen LogP contribution in [0.1, 0.15) is 24.6 Å². The highest BCUT2D eigenvalue weighted by Crippen LogP contribution is 2.26. The summed E-state index contributed by atoms with van der Waals surface area (Å²) >= 11 is 11.9. The van der Waals surface area contributed by atoms with Gasteiger partial charge in [-0.05, 0) is 25.0 Å². The van der Waals surface area contributed by atoms with Gasteiger partial charge in [0.25, 0.3) is 0 Å². The van der Waals surface area contributed by atoms with E-state index >= 15 is 0 Å². The van der Waals surface area contributed by atoms with Crippen LogP contribution in [0.3, 0.4) is 0 Å². The molecule has 0 aliphatic rings. The molecule has 0 unspecified atom stereocenters. The molecule has 2 aromatic rings. The third-order valence-corrected chi connectivity index (χ3v) is 3.32. The van der Waals surface area contributed by atoms with E-state index in [-0.39, 0.29) is 0 Å². The van der Waals surface area contributed by atoms with Crippen LogP contribution < -0.4 is 5.32 Å². The normalized spacial score (nSPS) is 10.7. The number of aryl methyl sites for hydroxylation is 2. The number of rotatable bonds is 5. The standard InChI is InChI=1S/C13H16Cl2N4/c1-3-4-19-8-16-6-10(19)7-17-12-9(2)5-11(14)18-13(12)15/h5-6,8,17H,3-4,7H2,1-2H3. The Hall–Kier alpha value is -1.26. The SMILES string of the molecule is CCCn1cncc1CNc1c(C)cc(Cl)nc1Cl. The van der Waals surface area contributed by atoms with E-state index in [2.05, 4.69) is 26.8 Å². The van der Waals surface area contributed by atoms with E-state index in [4.69, 9.17) is 23.2 Å². The zero-order valence-corrected chi connectivity index (χ0v) is 12.5. The summed E-state index contributed by atoms with van der Waals surface area (Å²) in [5.74, 6) is 0. The summed E-state index contributed by atoms with van der Waals surface area (Å²) in [7, 11) is 0. The van der Waals surface area contributed by atoms with Crippen LogP contribution in [0.4, 0.5) is 5.69 Å². The highest BCUT2D eigenvalue weighted by atomic mass is 35.5. The number of halogens is 2. The monoisotopic (exact) mass is 298 g/mol. The minimum atomic E-state index is 0.395. The Bertz CT molecular complexity index is 543. The van der Waals surface area contributed by atoms with Crippen LogP contribution in [0.25, 0.3) is 0 Å². The molecule has 2 heterocycles. The van der Waals surface area contributed by atoms with Gasteiger partial charge in [-0.25, -0.2) is 9.97 Å². The van der Waals surface area contributed by atoms with Crippen molar-refractivity contribution in [1.82, 2.24) is 14.5 Å². The van der Waals surface area contributed by atoms with Gasteiger partial charge >= 0.3 is 0 Å². The zero-order chi connectivity index (χ0) is 13.8. The van der Waals surface area contributed by atoms with Crippen molar-refractivity contribution in [3.63, 3.8) is 0 Å². The van der Waals surface area contributed by atoms with Crippen molar-refractivity contribution in [2.75, 3.05) is 5.32 Å². The molecule has 4 nitrogen and oxygen atoms in total. The number of hydrogen-bond donors (Lipinski definition) is 1. The number of hydrogen-bond acceptors (Lipinski definition) is 3. The van der Waals surface area contributed by atoms with Gasteiger partial charge in [0, 0.05) is 12.7 Å². The molecule has 2 aromatic heterocycles. The number of nitrogens with one attached hydrogen (secondary N) is 1. The van der Waals surface area contributed by atoms with Crippen molar-refractivity contribution in [2.24, 2.45) is 0 Å². The minimum Gasteiger partial charge on any atom is -0.377 e. The molecule has 0 saturated heterocycles. The van der Waals surface area contributed by atoms with E-state index in [0.29, 0.717) is 16.9 Å². The lowest BCUT2D eigenvalue weighted by Gasteiger charge is -2.12. The quantitative estimate of drug-likeness (QED) is 0.851. The van der Waals surface area contributed by atoms with Gasteiger partial charge in [-0.1, -0.05) is 30.1 Å². The second-order valence-electron chi connectivity index (χ2n) is 4.36. The molecular formula is C13H16Cl2N4. The number of imidazole rings is 1. The average molecular weight is 299 g/mol. The number of aromatic nitrogens is 3. The maximum absolute atomic E-state index is 6.10. The molecule has 0 aliphatic carbocycles. The predicted molar refractivity (Wildman–Crippen MR) is 78.8 cm³/mol. The lowest BCUT2D eigenvalue weighted by molar-refractivity contribution is 0.651. The van der Waals surface area contributed by atoms with Crippen molar-refractivity contribution >= 4 is 28.9 Å². The molecule has 0 bridgehead atoms. The summed E-state index contributed by atoms with van der Waals surface area (Å²) in [5.41, 5.74) is 2.91. The van der Waals surface area contributed by atoms with Gasteiger partial charge in [0.15, 0.2) is 5.15 Å². The fourth-order valence-electron chi connectivity index (χ4n) is 1.92. The largest absolute Gasteiger partial charge is 0.377 e. The summed E-state index contributed by atoms with van der Waals surface area (Å²) in [5, 5.41) is 4.10. The molecule has 102 valence electrons. The number of nitrogens with zero attached hydrogens (tertiary/aromatic N) is 3. The molecule has 0 spiro atoms. The van der Waals surface area contributed by atoms with Gasteiger partial charge in [-0.15, -0.1) is 0 Å². The van der Waals surface area contributed by atoms with E-state index in [0.717, 1.165) is 29.9 Å². The molecule has 0 fully saturated rings. The summed E-state index contributed by atoms with van der Waals surface area (Å²) in [6, 6.07) is 1.79. The van der Waals surface area contributed by atoms with Gasteiger partial charge in [0.05, 0.1) is 24.3 Å². The van der Waals surface area contributed by atoms with E-state index in [1.165, 1.54) is 0 Å². The van der Waals surface area contributed by atoms with Gasteiger partial charge in [-0.2, -0.15) is 0 Å². The first-order chi connectivity index (χ1) is 9.11. The molecule has 0 amide bonds. The molecule has 0 saturated carbocycles. The Morgan fingerprint density at radius 1 is 1.37 bits per heavy atom. The second kappa shape index (κ2) is 6.26. The molecular weight excluding hydrogens is 283 g/mol. The molecule has 19 heavy (non-hydrogen) atoms. The van der Waals surface area contributed by atoms with E-state index in [1.54, 1.807) is 6.07 Å². The van der Waals surface area contributed by atoms with Crippen LogP contribution in [0.5, 0.6) is 0 Å². The molecule has 0 aliphatic heterocycles. The molecule has 0 atom stereocenters. The predicted octanol–water partition coefficient (Wildman–Crippen LogP) is 3.92. The maximum Gasteiger partial charge on any atom is 0.154 e. The van der Waals surface area contributed by atoms with E-state index in [1.807, 2.05) is 19.4 Å². The van der Waals surface area contributed by atoms with Crippen LogP contribution in [0.2, 0.25) is 10.3 Å². The van der Waals surface area contributed by atoms with Crippen LogP contribution in [0, 0.1) is 6.92 Å². The van der Waals surface area contributed by atoms with E-state index in [9.17, 15) is 0 Å². The first-order valence-electron chi connectivity index (χ1n) is 6.17. The fraction of sp³-hybridized carbons (Fsp3) is 0.385. The fourth-order valence-corrected chi connectivity index (χ4v) is 2.52. The van der Waals surface area contributed by atoms with Crippen molar-refractivity contribution in [1.29, 1.82) is 0 Å². The Kier molecular flexibility index (Phi) is 4.66. The molecule has 0 radical (unpaired) electrons. The summed E-state index contributed by atoms with van der Waals surface area (Å²) in [4.78, 5) is 8.20. The topological polar surface area (TPSA) is 42.7 Å². The zero-order valence-electron chi connectivity index (χ0n) is 11.0. The van der Waals surface area contributed by atoms with Crippen molar-refractivity contribution < 1.29 is 0 Å². The highest BCUT2D eigenvalue weighted by Gasteiger charge is 2.08. The van der Waals surface area contributed by atoms with Crippen LogP contribution in [0.15, 0.2) is 18.6 Å². The van der Waals surface area contributed by atoms with Crippen molar-refractivity contribution in [2.45, 2.75) is 33.4 Å². The summed E-state index contributed by atoms with van der Waals surface area (Å²) < 4.78 is 2.12. The Morgan fingerprint density at radius 2 is 2.16 bits per heavy atom. The molecule has 0 aromatic carbocycles. The van der Waals surface area contributed by atoms with Crippen molar-refractivity contribution in [3.05, 3.63) is 40.2 Å². The van der Waals surface area contributed by atoms with Gasteiger partial charge < -0.3 is 9.88 Å². The lowest BCUT2D eigenvalue weighted by atomic mass is 10.2. The molecule has 1 N–H and O–H groups in total. The van der Waals surface area contributed by atoms with Crippen LogP contribution >= 0.6 is 23.2 Å². The third-order valence-electron chi connectivity index (χ3n) is 2.85. The Labute approximate surface area is 122 Å². The van der Waals surface area contributed by atoms with Crippen molar-refractivity contribution in [3.8, 4) is 0 Å². The maximum atomic E-state index is 6.10. The number of pyridine rings is 1. The Morgan fingerprint density at radius 3 is 2.84 bits per heavy atom. The summed E-state index contributed by atoms with van der Waals surface area (Å²) in [6.07, 6.45) is 4.77. The van der Waals surface area contributed by atoms with Gasteiger partial charge in [0.2, 0.25) is 0 Å². The number of anilines is 1. The van der Waals surface area contributed by atoms with E-state index < -0.39 is 0 Å². The van der Waals surface area contributed by atoms with Crippen LogP contribution in [-0.2, 0) is 13.1 Å². The lowest BCUT2D eigenvalue weighted by Crippen LogP contribution is -2.08. The first kappa shape index (κ1) is 14.2. The third kappa shape index (κ3) is 3.39. The molecule has 2 rings (SSSR count). The average Bonchev–Trinajstić information content (AvgIpc) is 2.76. The summed E-state index contributed by atoms with van der Waals surface area (Å²) in [6.45, 7) is 5.71. The first-order valence-corrected chi connectivity index (χ1v) is 6.93. The molecule has 6 heteroatoms. The van der Waals surface area contributed by atoms with Gasteiger partial charge in [-0.3, -0.25) is 0 Å². The Balaban J connectivity index is 2.12. The van der Waals surface area contributed by atoms with Gasteiger partial charge in [0.1, 0.15) is 5.15 Å². The minimum absolute atomic E-state index is 0.395. The van der Waals surface area contributed by atoms with Crippen LogP contribution in [-0.4, -0.2) is 14.5 Å². The smallest absolute Gasteiger partial charge is 0.154 e. The second-order valence-corrected chi connectivity index (χ2v) is 5.10.